The quantitative estimate of drug-likeness (QED) is 0.226. The maximum absolute atomic E-state index is 9.02. The average Bonchev–Trinajstić information content (AvgIpc) is 3.56. The minimum Gasteiger partial charge on any atom is -0.487 e. The van der Waals surface area contributed by atoms with Crippen molar-refractivity contribution in [1.82, 2.24) is 20.4 Å². The number of halogens is 3. The molecule has 1 aliphatic rings. The number of piperidine rings is 1. The van der Waals surface area contributed by atoms with Gasteiger partial charge in [-0.1, -0.05) is 11.2 Å². The van der Waals surface area contributed by atoms with Gasteiger partial charge in [0.25, 0.3) is 0 Å². The van der Waals surface area contributed by atoms with E-state index in [2.05, 4.69) is 38.6 Å². The van der Waals surface area contributed by atoms with Crippen molar-refractivity contribution in [3.05, 3.63) is 75.4 Å². The molecule has 1 N–H and O–H groups in total. The third kappa shape index (κ3) is 9.62. The Kier molecular flexibility index (Phi) is 16.2. The van der Waals surface area contributed by atoms with Crippen molar-refractivity contribution in [2.75, 3.05) is 27.2 Å². The number of ether oxygens (including phenoxy) is 1. The summed E-state index contributed by atoms with van der Waals surface area (Å²) in [6, 6.07) is 16.1. The summed E-state index contributed by atoms with van der Waals surface area (Å²) in [6.07, 6.45) is 6.25. The molecule has 0 radical (unpaired) electrons. The number of aromatic nitrogens is 2. The monoisotopic (exact) mass is 625 g/mol. The number of aryl methyl sites for hydroxylation is 2. The smallest absolute Gasteiger partial charge is 0.173 e. The van der Waals surface area contributed by atoms with E-state index in [1.165, 1.54) is 17.7 Å². The van der Waals surface area contributed by atoms with Crippen LogP contribution in [0, 0.1) is 24.2 Å². The van der Waals surface area contributed by atoms with Crippen LogP contribution in [0.2, 0.25) is 0 Å². The topological polar surface area (TPSA) is 87.2 Å². The first-order valence-electron chi connectivity index (χ1n) is 12.8. The molecule has 0 atom stereocenters. The lowest BCUT2D eigenvalue weighted by molar-refractivity contribution is 0.173. The van der Waals surface area contributed by atoms with E-state index in [-0.39, 0.29) is 37.2 Å². The number of fused-ring (bicyclic) bond motifs is 1. The van der Waals surface area contributed by atoms with Crippen molar-refractivity contribution in [3.63, 3.8) is 0 Å². The fourth-order valence-corrected chi connectivity index (χ4v) is 5.51. The Bertz CT molecular complexity index is 1320. The zero-order valence-electron chi connectivity index (χ0n) is 23.1. The van der Waals surface area contributed by atoms with Crippen LogP contribution < -0.4 is 10.1 Å². The third-order valence-corrected chi connectivity index (χ3v) is 7.64. The third-order valence-electron chi connectivity index (χ3n) is 6.66. The summed E-state index contributed by atoms with van der Waals surface area (Å²) in [5.74, 6) is 1.52. The number of nitriles is 1. The van der Waals surface area contributed by atoms with Crippen LogP contribution >= 0.6 is 48.6 Å². The fraction of sp³-hybridized carbons (Fsp3) is 0.414. The molecule has 4 aromatic rings. The van der Waals surface area contributed by atoms with Crippen LogP contribution in [0.5, 0.6) is 5.75 Å². The van der Waals surface area contributed by atoms with E-state index in [4.69, 9.17) is 14.5 Å². The lowest BCUT2D eigenvalue weighted by Crippen LogP contribution is -2.33. The Morgan fingerprint density at radius 2 is 1.85 bits per heavy atom. The molecule has 0 amide bonds. The second-order valence-electron chi connectivity index (χ2n) is 9.44. The molecule has 4 heterocycles. The van der Waals surface area contributed by atoms with Gasteiger partial charge in [-0.05, 0) is 102 Å². The number of nitrogens with zero attached hydrogens (tertiary/aromatic N) is 4. The van der Waals surface area contributed by atoms with Gasteiger partial charge in [-0.15, -0.1) is 48.6 Å². The Balaban J connectivity index is 0.00000128. The summed E-state index contributed by atoms with van der Waals surface area (Å²) in [5, 5.41) is 17.3. The number of thiophene rings is 1. The molecule has 1 fully saturated rings. The van der Waals surface area contributed by atoms with Crippen LogP contribution in [0.15, 0.2) is 53.2 Å². The normalized spacial score (nSPS) is 13.2. The molecule has 1 aliphatic heterocycles. The average molecular weight is 627 g/mol. The van der Waals surface area contributed by atoms with Crippen LogP contribution in [0.4, 0.5) is 0 Å². The Hall–Kier alpha value is -2.38. The predicted molar refractivity (Wildman–Crippen MR) is 169 cm³/mol. The van der Waals surface area contributed by atoms with Crippen molar-refractivity contribution in [3.8, 4) is 11.8 Å². The standard InChI is InChI=1S/C27H28N4O2S.C2H7N.3ClH/c1-19-26(32-18-21-4-2-3-13-29-21)10-8-24-25(30-33-27(19)24)9-5-20-11-14-31(15-12-20)17-23-7-6-22(16-28)34-23;1-3-2;;;/h2-4,6-8,10,13,20H,5,9,11-12,14-15,17-18H2,1H3;3H,1-2H3;3*1H. The molecule has 3 aromatic heterocycles. The van der Waals surface area contributed by atoms with Gasteiger partial charge < -0.3 is 14.6 Å². The number of hydrogen-bond donors (Lipinski definition) is 1. The van der Waals surface area contributed by atoms with Gasteiger partial charge in [0.05, 0.1) is 11.4 Å². The highest BCUT2D eigenvalue weighted by atomic mass is 35.5. The van der Waals surface area contributed by atoms with E-state index in [0.29, 0.717) is 12.5 Å². The molecule has 1 saturated heterocycles. The van der Waals surface area contributed by atoms with Gasteiger partial charge in [0, 0.05) is 28.6 Å². The summed E-state index contributed by atoms with van der Waals surface area (Å²) in [4.78, 5) is 8.90. The number of hydrogen-bond acceptors (Lipinski definition) is 8. The molecule has 1 aromatic carbocycles. The van der Waals surface area contributed by atoms with Crippen molar-refractivity contribution < 1.29 is 9.26 Å². The van der Waals surface area contributed by atoms with Gasteiger partial charge in [0.2, 0.25) is 0 Å². The summed E-state index contributed by atoms with van der Waals surface area (Å²) in [6.45, 7) is 5.63. The van der Waals surface area contributed by atoms with Gasteiger partial charge in [-0.3, -0.25) is 9.88 Å². The van der Waals surface area contributed by atoms with Gasteiger partial charge in [0.1, 0.15) is 23.3 Å². The van der Waals surface area contributed by atoms with Crippen molar-refractivity contribution in [2.45, 2.75) is 45.8 Å². The minimum atomic E-state index is 0. The highest BCUT2D eigenvalue weighted by molar-refractivity contribution is 7.12. The maximum atomic E-state index is 9.02. The molecule has 0 unspecified atom stereocenters. The second kappa shape index (κ2) is 18.1. The summed E-state index contributed by atoms with van der Waals surface area (Å²) < 4.78 is 11.7. The number of nitrogens with one attached hydrogen (secondary N) is 1. The Morgan fingerprint density at radius 3 is 2.50 bits per heavy atom. The van der Waals surface area contributed by atoms with E-state index in [1.807, 2.05) is 51.4 Å². The molecule has 0 saturated carbocycles. The van der Waals surface area contributed by atoms with Crippen LogP contribution in [-0.2, 0) is 19.6 Å². The van der Waals surface area contributed by atoms with Crippen LogP contribution in [0.25, 0.3) is 11.0 Å². The first-order chi connectivity index (χ1) is 18.1. The van der Waals surface area contributed by atoms with Gasteiger partial charge in [-0.25, -0.2) is 0 Å². The first-order valence-corrected chi connectivity index (χ1v) is 13.6. The van der Waals surface area contributed by atoms with E-state index in [0.717, 1.165) is 71.0 Å². The number of pyridine rings is 1. The molecule has 40 heavy (non-hydrogen) atoms. The van der Waals surface area contributed by atoms with Crippen molar-refractivity contribution in [1.29, 1.82) is 5.26 Å². The predicted octanol–water partition coefficient (Wildman–Crippen LogP) is 6.99. The molecule has 0 spiro atoms. The lowest BCUT2D eigenvalue weighted by atomic mass is 9.91. The lowest BCUT2D eigenvalue weighted by Gasteiger charge is -2.31. The largest absolute Gasteiger partial charge is 0.487 e. The number of benzene rings is 1. The summed E-state index contributed by atoms with van der Waals surface area (Å²) in [5.41, 5.74) is 3.73. The zero-order chi connectivity index (χ0) is 26.0. The Morgan fingerprint density at radius 1 is 1.10 bits per heavy atom. The molecule has 218 valence electrons. The minimum absolute atomic E-state index is 0. The first kappa shape index (κ1) is 35.6. The molecule has 0 bridgehead atoms. The van der Waals surface area contributed by atoms with Crippen molar-refractivity contribution in [2.24, 2.45) is 5.92 Å². The van der Waals surface area contributed by atoms with Gasteiger partial charge >= 0.3 is 0 Å². The summed E-state index contributed by atoms with van der Waals surface area (Å²) in [7, 11) is 3.75. The highest BCUT2D eigenvalue weighted by Gasteiger charge is 2.21. The highest BCUT2D eigenvalue weighted by Crippen LogP contribution is 2.32. The molecule has 0 aliphatic carbocycles. The van der Waals surface area contributed by atoms with E-state index >= 15 is 0 Å². The van der Waals surface area contributed by atoms with Gasteiger partial charge in [0.15, 0.2) is 5.58 Å². The molecule has 5 rings (SSSR count). The number of likely N-dealkylation sites (tertiary alicyclic amines) is 1. The zero-order valence-corrected chi connectivity index (χ0v) is 26.4. The van der Waals surface area contributed by atoms with E-state index in [9.17, 15) is 0 Å². The van der Waals surface area contributed by atoms with E-state index < -0.39 is 0 Å². The van der Waals surface area contributed by atoms with Crippen molar-refractivity contribution >= 4 is 59.5 Å². The molecular formula is C29H38Cl3N5O2S. The second-order valence-corrected chi connectivity index (χ2v) is 10.6. The van der Waals surface area contributed by atoms with E-state index in [1.54, 1.807) is 17.5 Å². The van der Waals surface area contributed by atoms with Crippen LogP contribution in [0.1, 0.15) is 46.0 Å². The fourth-order valence-electron chi connectivity index (χ4n) is 4.66. The maximum Gasteiger partial charge on any atom is 0.173 e. The molecule has 11 heteroatoms. The Labute approximate surface area is 259 Å². The van der Waals surface area contributed by atoms with Crippen LogP contribution in [0.3, 0.4) is 0 Å². The SMILES string of the molecule is CNC.Cc1c(OCc2ccccn2)ccc2c(CCC3CCN(Cc4ccc(C#N)s4)CC3)noc12.Cl.Cl.Cl. The molecule has 7 nitrogen and oxygen atoms in total. The summed E-state index contributed by atoms with van der Waals surface area (Å²) >= 11 is 1.61. The molecular weight excluding hydrogens is 589 g/mol. The number of rotatable bonds is 8. The van der Waals surface area contributed by atoms with Gasteiger partial charge in [-0.2, -0.15) is 5.26 Å². The van der Waals surface area contributed by atoms with Crippen LogP contribution in [-0.4, -0.2) is 42.2 Å².